The Bertz CT molecular complexity index is 134. The third-order valence-corrected chi connectivity index (χ3v) is 2.87. The van der Waals surface area contributed by atoms with Crippen molar-refractivity contribution in [3.63, 3.8) is 0 Å². The zero-order valence-electron chi connectivity index (χ0n) is 7.42. The molecule has 2 heteroatoms. The number of likely N-dealkylation sites (tertiary alicyclic amines) is 1. The molecule has 2 atom stereocenters. The van der Waals surface area contributed by atoms with E-state index in [2.05, 4.69) is 18.7 Å². The molecule has 2 heterocycles. The largest absolute Gasteiger partial charge is 0.373 e. The first kappa shape index (κ1) is 7.56. The summed E-state index contributed by atoms with van der Waals surface area (Å²) < 4.78 is 5.29. The third kappa shape index (κ3) is 1.57. The standard InChI is InChI=1S/C9H17NO/c1-7(2)10-4-3-8(5-10)9-6-11-9/h7-9H,3-6H2,1-2H3/t8-,9+/m0/s1. The molecule has 2 rings (SSSR count). The molecule has 0 bridgehead atoms. The van der Waals surface area contributed by atoms with Gasteiger partial charge in [0.25, 0.3) is 0 Å². The molecule has 0 aliphatic carbocycles. The number of hydrogen-bond acceptors (Lipinski definition) is 2. The monoisotopic (exact) mass is 155 g/mol. The Morgan fingerprint density at radius 1 is 1.45 bits per heavy atom. The Hall–Kier alpha value is -0.0800. The molecule has 0 spiro atoms. The summed E-state index contributed by atoms with van der Waals surface area (Å²) in [6, 6.07) is 0.721. The lowest BCUT2D eigenvalue weighted by Crippen LogP contribution is -2.28. The SMILES string of the molecule is CC(C)N1CC[C@H]([C@H]2CO2)C1. The van der Waals surface area contributed by atoms with E-state index in [1.54, 1.807) is 0 Å². The van der Waals surface area contributed by atoms with Crippen molar-refractivity contribution in [2.45, 2.75) is 32.4 Å². The molecule has 11 heavy (non-hydrogen) atoms. The minimum Gasteiger partial charge on any atom is -0.373 e. The second-order valence-corrected chi connectivity index (χ2v) is 4.01. The quantitative estimate of drug-likeness (QED) is 0.555. The van der Waals surface area contributed by atoms with Crippen molar-refractivity contribution in [1.29, 1.82) is 0 Å². The van der Waals surface area contributed by atoms with E-state index >= 15 is 0 Å². The minimum absolute atomic E-state index is 0.624. The van der Waals surface area contributed by atoms with Crippen LogP contribution in [-0.4, -0.2) is 36.7 Å². The molecule has 2 aliphatic rings. The fourth-order valence-corrected chi connectivity index (χ4v) is 1.92. The van der Waals surface area contributed by atoms with Gasteiger partial charge in [-0.25, -0.2) is 0 Å². The summed E-state index contributed by atoms with van der Waals surface area (Å²) in [4.78, 5) is 2.55. The lowest BCUT2D eigenvalue weighted by molar-refractivity contribution is 0.251. The van der Waals surface area contributed by atoms with E-state index in [0.717, 1.165) is 18.6 Å². The van der Waals surface area contributed by atoms with Crippen molar-refractivity contribution in [1.82, 2.24) is 4.90 Å². The van der Waals surface area contributed by atoms with Gasteiger partial charge in [-0.05, 0) is 26.8 Å². The molecule has 0 unspecified atom stereocenters. The molecule has 0 aromatic carbocycles. The van der Waals surface area contributed by atoms with Gasteiger partial charge >= 0.3 is 0 Å². The Morgan fingerprint density at radius 3 is 2.64 bits per heavy atom. The molecular weight excluding hydrogens is 138 g/mol. The first-order chi connectivity index (χ1) is 5.27. The maximum absolute atomic E-state index is 5.29. The molecule has 2 saturated heterocycles. The highest BCUT2D eigenvalue weighted by Gasteiger charge is 2.37. The van der Waals surface area contributed by atoms with Crippen LogP contribution in [-0.2, 0) is 4.74 Å². The van der Waals surface area contributed by atoms with Crippen LogP contribution in [0.1, 0.15) is 20.3 Å². The summed E-state index contributed by atoms with van der Waals surface area (Å²) in [7, 11) is 0. The molecule has 0 aromatic rings. The van der Waals surface area contributed by atoms with Gasteiger partial charge in [-0.1, -0.05) is 0 Å². The van der Waals surface area contributed by atoms with Crippen molar-refractivity contribution in [3.05, 3.63) is 0 Å². The van der Waals surface area contributed by atoms with Gasteiger partial charge in [-0.2, -0.15) is 0 Å². The van der Waals surface area contributed by atoms with E-state index in [1.165, 1.54) is 19.5 Å². The van der Waals surface area contributed by atoms with Crippen molar-refractivity contribution < 1.29 is 4.74 Å². The van der Waals surface area contributed by atoms with Crippen molar-refractivity contribution >= 4 is 0 Å². The molecule has 2 fully saturated rings. The highest BCUT2D eigenvalue weighted by molar-refractivity contribution is 4.87. The van der Waals surface area contributed by atoms with Crippen molar-refractivity contribution in [2.75, 3.05) is 19.7 Å². The summed E-state index contributed by atoms with van der Waals surface area (Å²) in [6.07, 6.45) is 1.97. The Kier molecular flexibility index (Phi) is 1.90. The number of hydrogen-bond donors (Lipinski definition) is 0. The van der Waals surface area contributed by atoms with Crippen LogP contribution >= 0.6 is 0 Å². The van der Waals surface area contributed by atoms with Gasteiger partial charge in [0.15, 0.2) is 0 Å². The van der Waals surface area contributed by atoms with Gasteiger partial charge in [-0.15, -0.1) is 0 Å². The lowest BCUT2D eigenvalue weighted by atomic mass is 10.1. The van der Waals surface area contributed by atoms with Crippen LogP contribution < -0.4 is 0 Å². The number of epoxide rings is 1. The summed E-state index contributed by atoms with van der Waals surface area (Å²) >= 11 is 0. The first-order valence-corrected chi connectivity index (χ1v) is 4.63. The zero-order valence-corrected chi connectivity index (χ0v) is 7.42. The molecule has 64 valence electrons. The van der Waals surface area contributed by atoms with Gasteiger partial charge in [-0.3, -0.25) is 0 Å². The van der Waals surface area contributed by atoms with E-state index in [0.29, 0.717) is 6.10 Å². The Balaban J connectivity index is 1.82. The molecule has 2 nitrogen and oxygen atoms in total. The van der Waals surface area contributed by atoms with Gasteiger partial charge < -0.3 is 9.64 Å². The van der Waals surface area contributed by atoms with Crippen LogP contribution in [0.25, 0.3) is 0 Å². The van der Waals surface area contributed by atoms with E-state index in [9.17, 15) is 0 Å². The Labute approximate surface area is 68.5 Å². The summed E-state index contributed by atoms with van der Waals surface area (Å²) in [5, 5.41) is 0. The maximum Gasteiger partial charge on any atom is 0.0850 e. The van der Waals surface area contributed by atoms with E-state index < -0.39 is 0 Å². The molecule has 0 radical (unpaired) electrons. The molecule has 2 aliphatic heterocycles. The summed E-state index contributed by atoms with van der Waals surface area (Å²) in [5.74, 6) is 0.845. The molecule has 0 N–H and O–H groups in total. The van der Waals surface area contributed by atoms with Crippen LogP contribution in [0.3, 0.4) is 0 Å². The van der Waals surface area contributed by atoms with E-state index in [1.807, 2.05) is 0 Å². The average molecular weight is 155 g/mol. The minimum atomic E-state index is 0.624. The average Bonchev–Trinajstić information content (AvgIpc) is 2.68. The molecule has 0 aromatic heterocycles. The number of ether oxygens (including phenoxy) is 1. The smallest absolute Gasteiger partial charge is 0.0850 e. The second kappa shape index (κ2) is 2.76. The van der Waals surface area contributed by atoms with Crippen LogP contribution in [0.5, 0.6) is 0 Å². The predicted molar refractivity (Wildman–Crippen MR) is 44.6 cm³/mol. The van der Waals surface area contributed by atoms with Crippen LogP contribution in [0.4, 0.5) is 0 Å². The molecule has 0 amide bonds. The highest BCUT2D eigenvalue weighted by Crippen LogP contribution is 2.29. The second-order valence-electron chi connectivity index (χ2n) is 4.01. The van der Waals surface area contributed by atoms with Crippen LogP contribution in [0, 0.1) is 5.92 Å². The van der Waals surface area contributed by atoms with Crippen molar-refractivity contribution in [2.24, 2.45) is 5.92 Å². The topological polar surface area (TPSA) is 15.8 Å². The normalized spacial score (nSPS) is 38.5. The van der Waals surface area contributed by atoms with Gasteiger partial charge in [0, 0.05) is 18.5 Å². The summed E-state index contributed by atoms with van der Waals surface area (Å²) in [5.41, 5.74) is 0. The van der Waals surface area contributed by atoms with Gasteiger partial charge in [0.1, 0.15) is 0 Å². The molecule has 0 saturated carbocycles. The highest BCUT2D eigenvalue weighted by atomic mass is 16.6. The van der Waals surface area contributed by atoms with Gasteiger partial charge in [0.05, 0.1) is 12.7 Å². The Morgan fingerprint density at radius 2 is 2.18 bits per heavy atom. The predicted octanol–water partition coefficient (Wildman–Crippen LogP) is 1.12. The van der Waals surface area contributed by atoms with Crippen LogP contribution in [0.15, 0.2) is 0 Å². The number of nitrogens with zero attached hydrogens (tertiary/aromatic N) is 1. The van der Waals surface area contributed by atoms with E-state index in [-0.39, 0.29) is 0 Å². The molecular formula is C9H17NO. The fraction of sp³-hybridized carbons (Fsp3) is 1.00. The van der Waals surface area contributed by atoms with Gasteiger partial charge in [0.2, 0.25) is 0 Å². The number of rotatable bonds is 2. The van der Waals surface area contributed by atoms with Crippen molar-refractivity contribution in [3.8, 4) is 0 Å². The first-order valence-electron chi connectivity index (χ1n) is 4.63. The van der Waals surface area contributed by atoms with Crippen LogP contribution in [0.2, 0.25) is 0 Å². The summed E-state index contributed by atoms with van der Waals surface area (Å²) in [6.45, 7) is 8.12. The maximum atomic E-state index is 5.29. The zero-order chi connectivity index (χ0) is 7.84. The fourth-order valence-electron chi connectivity index (χ4n) is 1.92. The lowest BCUT2D eigenvalue weighted by Gasteiger charge is -2.19. The van der Waals surface area contributed by atoms with E-state index in [4.69, 9.17) is 4.74 Å². The third-order valence-electron chi connectivity index (χ3n) is 2.87.